The van der Waals surface area contributed by atoms with E-state index in [4.69, 9.17) is 5.73 Å². The fourth-order valence-corrected chi connectivity index (χ4v) is 2.71. The summed E-state index contributed by atoms with van der Waals surface area (Å²) < 4.78 is 26.6. The highest BCUT2D eigenvalue weighted by Crippen LogP contribution is 2.34. The average Bonchev–Trinajstić information content (AvgIpc) is 2.56. The van der Waals surface area contributed by atoms with Gasteiger partial charge in [-0.3, -0.25) is 0 Å². The van der Waals surface area contributed by atoms with Crippen LogP contribution < -0.4 is 5.73 Å². The summed E-state index contributed by atoms with van der Waals surface area (Å²) in [5, 5.41) is 0.431. The van der Waals surface area contributed by atoms with Gasteiger partial charge in [0.05, 0.1) is 10.4 Å². The van der Waals surface area contributed by atoms with Crippen LogP contribution in [0, 0.1) is 11.6 Å². The Morgan fingerprint density at radius 3 is 2.73 bits per heavy atom. The molecule has 6 heteroatoms. The van der Waals surface area contributed by atoms with Gasteiger partial charge in [0.15, 0.2) is 5.13 Å². The topological polar surface area (TPSA) is 38.9 Å². The van der Waals surface area contributed by atoms with E-state index in [1.54, 1.807) is 6.20 Å². The third kappa shape index (κ3) is 2.45. The second-order valence-corrected chi connectivity index (χ2v) is 5.10. The van der Waals surface area contributed by atoms with E-state index in [0.29, 0.717) is 10.0 Å². The van der Waals surface area contributed by atoms with Crippen LogP contribution in [0.15, 0.2) is 33.5 Å². The summed E-state index contributed by atoms with van der Waals surface area (Å²) in [6.07, 6.45) is 1.56. The first-order valence-electron chi connectivity index (χ1n) is 3.99. The van der Waals surface area contributed by atoms with Crippen molar-refractivity contribution < 1.29 is 8.78 Å². The van der Waals surface area contributed by atoms with E-state index in [0.717, 1.165) is 10.3 Å². The molecule has 2 rings (SSSR count). The van der Waals surface area contributed by atoms with Gasteiger partial charge in [0.25, 0.3) is 0 Å². The zero-order chi connectivity index (χ0) is 10.8. The Labute approximate surface area is 93.1 Å². The highest BCUT2D eigenvalue weighted by molar-refractivity contribution is 8.01. The fourth-order valence-electron chi connectivity index (χ4n) is 0.986. The molecule has 0 fully saturated rings. The number of aromatic nitrogens is 1. The van der Waals surface area contributed by atoms with E-state index in [1.165, 1.54) is 35.2 Å². The molecule has 0 saturated carbocycles. The van der Waals surface area contributed by atoms with Crippen LogP contribution in [-0.2, 0) is 0 Å². The number of halogens is 2. The quantitative estimate of drug-likeness (QED) is 0.882. The van der Waals surface area contributed by atoms with Crippen LogP contribution in [0.2, 0.25) is 0 Å². The Morgan fingerprint density at radius 1 is 1.33 bits per heavy atom. The van der Waals surface area contributed by atoms with Crippen molar-refractivity contribution >= 4 is 28.2 Å². The van der Waals surface area contributed by atoms with Crippen molar-refractivity contribution in [3.8, 4) is 0 Å². The lowest BCUT2D eigenvalue weighted by Gasteiger charge is -1.99. The van der Waals surface area contributed by atoms with Gasteiger partial charge in [-0.2, -0.15) is 0 Å². The summed E-state index contributed by atoms with van der Waals surface area (Å²) >= 11 is 2.44. The first kappa shape index (κ1) is 10.4. The normalized spacial score (nSPS) is 10.5. The molecular weight excluding hydrogens is 238 g/mol. The molecule has 1 aromatic carbocycles. The van der Waals surface area contributed by atoms with E-state index in [9.17, 15) is 8.78 Å². The summed E-state index contributed by atoms with van der Waals surface area (Å²) in [6.45, 7) is 0. The molecule has 0 aliphatic rings. The molecule has 1 heterocycles. The third-order valence-corrected chi connectivity index (χ3v) is 3.59. The predicted octanol–water partition coefficient (Wildman–Crippen LogP) is 3.15. The average molecular weight is 244 g/mol. The summed E-state index contributed by atoms with van der Waals surface area (Å²) in [5.74, 6) is -1.16. The Kier molecular flexibility index (Phi) is 2.88. The van der Waals surface area contributed by atoms with Crippen molar-refractivity contribution in [2.45, 2.75) is 9.10 Å². The van der Waals surface area contributed by atoms with Gasteiger partial charge in [-0.1, -0.05) is 23.1 Å². The van der Waals surface area contributed by atoms with E-state index < -0.39 is 11.6 Å². The second kappa shape index (κ2) is 4.16. The number of nitrogen functional groups attached to an aromatic ring is 1. The van der Waals surface area contributed by atoms with Crippen LogP contribution in [0.3, 0.4) is 0 Å². The van der Waals surface area contributed by atoms with Crippen LogP contribution >= 0.6 is 23.1 Å². The monoisotopic (exact) mass is 244 g/mol. The number of anilines is 1. The van der Waals surface area contributed by atoms with Crippen molar-refractivity contribution in [3.63, 3.8) is 0 Å². The summed E-state index contributed by atoms with van der Waals surface area (Å²) in [6, 6.07) is 3.47. The highest BCUT2D eigenvalue weighted by atomic mass is 32.2. The van der Waals surface area contributed by atoms with E-state index in [-0.39, 0.29) is 0 Å². The minimum Gasteiger partial charge on any atom is -0.375 e. The minimum atomic E-state index is -0.583. The second-order valence-electron chi connectivity index (χ2n) is 2.69. The first-order chi connectivity index (χ1) is 7.15. The molecular formula is C9H6F2N2S2. The lowest BCUT2D eigenvalue weighted by molar-refractivity contribution is 0.566. The maximum Gasteiger partial charge on any atom is 0.181 e. The summed E-state index contributed by atoms with van der Waals surface area (Å²) in [4.78, 5) is 4.20. The molecule has 0 saturated heterocycles. The van der Waals surface area contributed by atoms with Crippen LogP contribution in [0.25, 0.3) is 0 Å². The van der Waals surface area contributed by atoms with E-state index >= 15 is 0 Å². The lowest BCUT2D eigenvalue weighted by atomic mass is 10.3. The maximum atomic E-state index is 13.2. The Morgan fingerprint density at radius 2 is 2.13 bits per heavy atom. The molecule has 78 valence electrons. The van der Waals surface area contributed by atoms with Crippen molar-refractivity contribution in [1.82, 2.24) is 4.98 Å². The molecule has 0 aliphatic carbocycles. The van der Waals surface area contributed by atoms with Gasteiger partial charge in [-0.25, -0.2) is 13.8 Å². The highest BCUT2D eigenvalue weighted by Gasteiger charge is 2.07. The number of hydrogen-bond donors (Lipinski definition) is 1. The summed E-state index contributed by atoms with van der Waals surface area (Å²) in [7, 11) is 0. The molecule has 2 nitrogen and oxygen atoms in total. The smallest absolute Gasteiger partial charge is 0.181 e. The molecule has 15 heavy (non-hydrogen) atoms. The Bertz CT molecular complexity index is 485. The van der Waals surface area contributed by atoms with Gasteiger partial charge in [0.1, 0.15) is 11.6 Å². The van der Waals surface area contributed by atoms with Gasteiger partial charge >= 0.3 is 0 Å². The Balaban J connectivity index is 2.24. The molecule has 0 amide bonds. The standard InChI is InChI=1S/C9H6F2N2S2/c10-5-1-2-7(6(11)3-5)14-8-4-13-9(12)15-8/h1-4H,(H2,12,13). The van der Waals surface area contributed by atoms with Crippen molar-refractivity contribution in [2.24, 2.45) is 0 Å². The van der Waals surface area contributed by atoms with Crippen LogP contribution in [0.5, 0.6) is 0 Å². The molecule has 2 aromatic rings. The zero-order valence-corrected chi connectivity index (χ0v) is 9.04. The number of rotatable bonds is 2. The van der Waals surface area contributed by atoms with Crippen LogP contribution in [0.4, 0.5) is 13.9 Å². The Hall–Kier alpha value is -1.14. The number of nitrogens with zero attached hydrogens (tertiary/aromatic N) is 1. The molecule has 0 aliphatic heterocycles. The maximum absolute atomic E-state index is 13.2. The fraction of sp³-hybridized carbons (Fsp3) is 0. The predicted molar refractivity (Wildman–Crippen MR) is 57.0 cm³/mol. The SMILES string of the molecule is Nc1ncc(Sc2ccc(F)cc2F)s1. The molecule has 0 spiro atoms. The molecule has 1 aromatic heterocycles. The molecule has 0 unspecified atom stereocenters. The molecule has 0 radical (unpaired) electrons. The summed E-state index contributed by atoms with van der Waals surface area (Å²) in [5.41, 5.74) is 5.43. The van der Waals surface area contributed by atoms with E-state index in [2.05, 4.69) is 4.98 Å². The number of hydrogen-bond acceptors (Lipinski definition) is 4. The number of benzene rings is 1. The zero-order valence-electron chi connectivity index (χ0n) is 7.41. The van der Waals surface area contributed by atoms with Crippen molar-refractivity contribution in [3.05, 3.63) is 36.0 Å². The van der Waals surface area contributed by atoms with Crippen LogP contribution in [-0.4, -0.2) is 4.98 Å². The number of thiazole rings is 1. The third-order valence-electron chi connectivity index (χ3n) is 1.61. The number of nitrogens with two attached hydrogens (primary N) is 1. The lowest BCUT2D eigenvalue weighted by Crippen LogP contribution is -1.82. The molecule has 2 N–H and O–H groups in total. The minimum absolute atomic E-state index is 0.361. The van der Waals surface area contributed by atoms with Gasteiger partial charge in [-0.15, -0.1) is 0 Å². The van der Waals surface area contributed by atoms with Crippen molar-refractivity contribution in [2.75, 3.05) is 5.73 Å². The first-order valence-corrected chi connectivity index (χ1v) is 5.62. The largest absolute Gasteiger partial charge is 0.375 e. The van der Waals surface area contributed by atoms with Gasteiger partial charge in [0.2, 0.25) is 0 Å². The van der Waals surface area contributed by atoms with Crippen molar-refractivity contribution in [1.29, 1.82) is 0 Å². The van der Waals surface area contributed by atoms with Gasteiger partial charge in [-0.05, 0) is 12.1 Å². The van der Waals surface area contributed by atoms with E-state index in [1.807, 2.05) is 0 Å². The van der Waals surface area contributed by atoms with Crippen LogP contribution in [0.1, 0.15) is 0 Å². The molecule has 0 bridgehead atoms. The van der Waals surface area contributed by atoms with Gasteiger partial charge in [0, 0.05) is 11.0 Å². The molecule has 0 atom stereocenters. The van der Waals surface area contributed by atoms with Gasteiger partial charge < -0.3 is 5.73 Å².